The van der Waals surface area contributed by atoms with Crippen molar-refractivity contribution in [3.63, 3.8) is 0 Å². The Labute approximate surface area is 50.7 Å². The van der Waals surface area contributed by atoms with Crippen LogP contribution in [0.5, 0.6) is 0 Å². The molecule has 0 aliphatic heterocycles. The van der Waals surface area contributed by atoms with Gasteiger partial charge in [-0.15, -0.1) is 0 Å². The van der Waals surface area contributed by atoms with Crippen molar-refractivity contribution >= 4 is 0 Å². The lowest BCUT2D eigenvalue weighted by Crippen LogP contribution is -2.26. The van der Waals surface area contributed by atoms with Gasteiger partial charge in [0.05, 0.1) is 5.60 Å². The number of rotatable bonds is 0. The number of hydrogen-bond acceptors (Lipinski definition) is 1. The second-order valence-electron chi connectivity index (χ2n) is 2.79. The molecule has 47 valence electrons. The van der Waals surface area contributed by atoms with Crippen LogP contribution in [0.1, 0.15) is 32.1 Å². The molecule has 1 radical (unpaired) electrons. The second kappa shape index (κ2) is 2.06. The Morgan fingerprint density at radius 2 is 1.62 bits per heavy atom. The summed E-state index contributed by atoms with van der Waals surface area (Å²) in [6.45, 7) is 3.68. The maximum atomic E-state index is 9.26. The van der Waals surface area contributed by atoms with E-state index in [4.69, 9.17) is 0 Å². The van der Waals surface area contributed by atoms with Gasteiger partial charge in [0.25, 0.3) is 0 Å². The largest absolute Gasteiger partial charge is 0.390 e. The van der Waals surface area contributed by atoms with Gasteiger partial charge in [-0.05, 0) is 19.8 Å². The lowest BCUT2D eigenvalue weighted by atomic mass is 9.87. The first kappa shape index (κ1) is 6.09. The molecule has 0 amide bonds. The van der Waals surface area contributed by atoms with Crippen molar-refractivity contribution in [2.75, 3.05) is 0 Å². The fraction of sp³-hybridized carbons (Fsp3) is 0.857. The third-order valence-electron chi connectivity index (χ3n) is 1.78. The minimum atomic E-state index is -0.571. The van der Waals surface area contributed by atoms with Gasteiger partial charge in [0, 0.05) is 0 Å². The Hall–Kier alpha value is -0.0400. The van der Waals surface area contributed by atoms with Crippen LogP contribution in [0.15, 0.2) is 0 Å². The van der Waals surface area contributed by atoms with Crippen LogP contribution in [0.25, 0.3) is 0 Å². The predicted molar refractivity (Wildman–Crippen MR) is 33.4 cm³/mol. The Balaban J connectivity index is 2.33. The van der Waals surface area contributed by atoms with Gasteiger partial charge in [0.2, 0.25) is 0 Å². The van der Waals surface area contributed by atoms with Gasteiger partial charge in [-0.2, -0.15) is 0 Å². The normalized spacial score (nSPS) is 27.8. The highest BCUT2D eigenvalue weighted by molar-refractivity contribution is 4.83. The van der Waals surface area contributed by atoms with E-state index < -0.39 is 5.60 Å². The van der Waals surface area contributed by atoms with Crippen LogP contribution in [-0.4, -0.2) is 10.7 Å². The Kier molecular flexibility index (Phi) is 1.57. The van der Waals surface area contributed by atoms with Crippen LogP contribution in [0, 0.1) is 6.92 Å². The standard InChI is InChI=1S/C7H13O/c1-7(8)5-3-2-4-6-7/h8H,1-6H2. The van der Waals surface area contributed by atoms with E-state index >= 15 is 0 Å². The Morgan fingerprint density at radius 3 is 1.88 bits per heavy atom. The zero-order valence-corrected chi connectivity index (χ0v) is 5.19. The number of hydrogen-bond donors (Lipinski definition) is 1. The molecule has 0 atom stereocenters. The zero-order chi connectivity index (χ0) is 6.04. The molecule has 0 heterocycles. The van der Waals surface area contributed by atoms with Gasteiger partial charge in [-0.1, -0.05) is 19.3 Å². The SMILES string of the molecule is [CH2]C1(O)CCCCC1. The molecule has 0 bridgehead atoms. The molecule has 1 saturated carbocycles. The molecule has 1 rings (SSSR count). The van der Waals surface area contributed by atoms with Crippen molar-refractivity contribution in [1.82, 2.24) is 0 Å². The van der Waals surface area contributed by atoms with Crippen LogP contribution < -0.4 is 0 Å². The summed E-state index contributed by atoms with van der Waals surface area (Å²) >= 11 is 0. The highest BCUT2D eigenvalue weighted by Gasteiger charge is 2.22. The predicted octanol–water partition coefficient (Wildman–Crippen LogP) is 1.52. The molecule has 1 N–H and O–H groups in total. The van der Waals surface area contributed by atoms with Crippen molar-refractivity contribution in [3.05, 3.63) is 6.92 Å². The lowest BCUT2D eigenvalue weighted by molar-refractivity contribution is 0.0485. The molecule has 0 aromatic heterocycles. The van der Waals surface area contributed by atoms with E-state index in [1.807, 2.05) is 0 Å². The third kappa shape index (κ3) is 1.48. The van der Waals surface area contributed by atoms with E-state index in [1.165, 1.54) is 6.42 Å². The van der Waals surface area contributed by atoms with Crippen molar-refractivity contribution in [2.24, 2.45) is 0 Å². The smallest absolute Gasteiger partial charge is 0.0648 e. The van der Waals surface area contributed by atoms with Crippen LogP contribution in [0.3, 0.4) is 0 Å². The van der Waals surface area contributed by atoms with Crippen LogP contribution in [0.4, 0.5) is 0 Å². The van der Waals surface area contributed by atoms with Gasteiger partial charge < -0.3 is 5.11 Å². The summed E-state index contributed by atoms with van der Waals surface area (Å²) < 4.78 is 0. The molecule has 1 aliphatic carbocycles. The first-order valence-corrected chi connectivity index (χ1v) is 3.28. The van der Waals surface area contributed by atoms with Crippen molar-refractivity contribution in [2.45, 2.75) is 37.7 Å². The summed E-state index contributed by atoms with van der Waals surface area (Å²) in [7, 11) is 0. The van der Waals surface area contributed by atoms with Crippen molar-refractivity contribution in [1.29, 1.82) is 0 Å². The molecule has 0 unspecified atom stereocenters. The van der Waals surface area contributed by atoms with Crippen LogP contribution in [-0.2, 0) is 0 Å². The highest BCUT2D eigenvalue weighted by Crippen LogP contribution is 2.26. The summed E-state index contributed by atoms with van der Waals surface area (Å²) in [4.78, 5) is 0. The fourth-order valence-corrected chi connectivity index (χ4v) is 1.21. The quantitative estimate of drug-likeness (QED) is 0.505. The van der Waals surface area contributed by atoms with Gasteiger partial charge in [0.15, 0.2) is 0 Å². The summed E-state index contributed by atoms with van der Waals surface area (Å²) in [5.41, 5.74) is -0.571. The molecule has 0 aromatic carbocycles. The van der Waals surface area contributed by atoms with E-state index in [2.05, 4.69) is 6.92 Å². The minimum absolute atomic E-state index is 0.571. The molecule has 1 fully saturated rings. The van der Waals surface area contributed by atoms with Crippen molar-refractivity contribution < 1.29 is 5.11 Å². The van der Waals surface area contributed by atoms with E-state index in [9.17, 15) is 5.11 Å². The molecular weight excluding hydrogens is 100 g/mol. The van der Waals surface area contributed by atoms with Gasteiger partial charge in [-0.3, -0.25) is 0 Å². The van der Waals surface area contributed by atoms with E-state index in [-0.39, 0.29) is 0 Å². The van der Waals surface area contributed by atoms with Crippen LogP contribution >= 0.6 is 0 Å². The molecule has 1 heteroatoms. The first-order chi connectivity index (χ1) is 3.71. The summed E-state index contributed by atoms with van der Waals surface area (Å²) in [5.74, 6) is 0. The van der Waals surface area contributed by atoms with Gasteiger partial charge in [-0.25, -0.2) is 0 Å². The second-order valence-corrected chi connectivity index (χ2v) is 2.79. The van der Waals surface area contributed by atoms with Crippen molar-refractivity contribution in [3.8, 4) is 0 Å². The zero-order valence-electron chi connectivity index (χ0n) is 5.19. The average Bonchev–Trinajstić information content (AvgIpc) is 1.65. The molecule has 0 spiro atoms. The minimum Gasteiger partial charge on any atom is -0.390 e. The van der Waals surface area contributed by atoms with Gasteiger partial charge >= 0.3 is 0 Å². The fourth-order valence-electron chi connectivity index (χ4n) is 1.21. The lowest BCUT2D eigenvalue weighted by Gasteiger charge is -2.26. The first-order valence-electron chi connectivity index (χ1n) is 3.28. The summed E-state index contributed by atoms with van der Waals surface area (Å²) in [6, 6.07) is 0. The summed E-state index contributed by atoms with van der Waals surface area (Å²) in [6.07, 6.45) is 5.37. The van der Waals surface area contributed by atoms with Crippen LogP contribution in [0.2, 0.25) is 0 Å². The maximum Gasteiger partial charge on any atom is 0.0648 e. The van der Waals surface area contributed by atoms with E-state index in [1.54, 1.807) is 0 Å². The monoisotopic (exact) mass is 113 g/mol. The summed E-state index contributed by atoms with van der Waals surface area (Å²) in [5, 5.41) is 9.26. The maximum absolute atomic E-state index is 9.26. The molecular formula is C7H13O. The Morgan fingerprint density at radius 1 is 1.12 bits per heavy atom. The Bertz CT molecular complexity index is 68.5. The third-order valence-corrected chi connectivity index (χ3v) is 1.78. The molecule has 1 aliphatic rings. The average molecular weight is 113 g/mol. The van der Waals surface area contributed by atoms with E-state index in [0.29, 0.717) is 0 Å². The topological polar surface area (TPSA) is 20.2 Å². The van der Waals surface area contributed by atoms with E-state index in [0.717, 1.165) is 25.7 Å². The van der Waals surface area contributed by atoms with Gasteiger partial charge in [0.1, 0.15) is 0 Å². The molecule has 8 heavy (non-hydrogen) atoms. The highest BCUT2D eigenvalue weighted by atomic mass is 16.3. The number of aliphatic hydroxyl groups is 1. The molecule has 0 saturated heterocycles. The molecule has 1 nitrogen and oxygen atoms in total. The molecule has 0 aromatic rings.